The van der Waals surface area contributed by atoms with Crippen LogP contribution in [0.3, 0.4) is 0 Å². The molecule has 1 fully saturated rings. The maximum atomic E-state index is 13.1. The molecule has 0 spiro atoms. The van der Waals surface area contributed by atoms with Crippen LogP contribution in [-0.2, 0) is 16.1 Å². The third kappa shape index (κ3) is 4.63. The molecule has 25 heavy (non-hydrogen) atoms. The summed E-state index contributed by atoms with van der Waals surface area (Å²) in [5, 5.41) is 0. The molecule has 0 aliphatic carbocycles. The third-order valence-electron chi connectivity index (χ3n) is 4.50. The number of pyridine rings is 1. The van der Waals surface area contributed by atoms with Crippen molar-refractivity contribution in [1.29, 1.82) is 0 Å². The number of hydrogen-bond acceptors (Lipinski definition) is 4. The lowest BCUT2D eigenvalue weighted by Crippen LogP contribution is -2.38. The van der Waals surface area contributed by atoms with Crippen LogP contribution in [-0.4, -0.2) is 35.5 Å². The number of rotatable bonds is 5. The fourth-order valence-electron chi connectivity index (χ4n) is 3.28. The van der Waals surface area contributed by atoms with E-state index in [-0.39, 0.29) is 17.7 Å². The summed E-state index contributed by atoms with van der Waals surface area (Å²) in [5.74, 6) is -0.376. The summed E-state index contributed by atoms with van der Waals surface area (Å²) < 4.78 is 18.2. The lowest BCUT2D eigenvalue weighted by Gasteiger charge is -2.31. The van der Waals surface area contributed by atoms with E-state index in [2.05, 4.69) is 16.0 Å². The number of nitrogens with zero attached hydrogens (tertiary/aromatic N) is 2. The minimum atomic E-state index is -0.244. The number of esters is 1. The lowest BCUT2D eigenvalue weighted by atomic mass is 9.97. The molecule has 3 rings (SSSR count). The van der Waals surface area contributed by atoms with E-state index in [9.17, 15) is 9.18 Å². The predicted molar refractivity (Wildman–Crippen MR) is 94.3 cm³/mol. The number of likely N-dealkylation sites (tertiary alicyclic amines) is 1. The zero-order valence-corrected chi connectivity index (χ0v) is 14.5. The number of carbonyl (C=O) groups excluding carboxylic acids is 1. The topological polar surface area (TPSA) is 42.4 Å². The molecular formula is C20H23FN2O2. The summed E-state index contributed by atoms with van der Waals surface area (Å²) in [7, 11) is 0. The van der Waals surface area contributed by atoms with E-state index < -0.39 is 0 Å². The number of ether oxygens (including phenoxy) is 1. The monoisotopic (exact) mass is 342 g/mol. The molecule has 0 amide bonds. The van der Waals surface area contributed by atoms with E-state index in [1.807, 2.05) is 13.1 Å². The highest BCUT2D eigenvalue weighted by Crippen LogP contribution is 2.23. The molecule has 5 heteroatoms. The van der Waals surface area contributed by atoms with Gasteiger partial charge in [-0.15, -0.1) is 0 Å². The van der Waals surface area contributed by atoms with Crippen molar-refractivity contribution in [3.8, 4) is 11.1 Å². The Morgan fingerprint density at radius 2 is 2.08 bits per heavy atom. The van der Waals surface area contributed by atoms with Gasteiger partial charge in [0.05, 0.1) is 12.5 Å². The Labute approximate surface area is 147 Å². The first-order valence-corrected chi connectivity index (χ1v) is 8.74. The maximum Gasteiger partial charge on any atom is 0.310 e. The molecule has 1 atom stereocenters. The second kappa shape index (κ2) is 8.21. The van der Waals surface area contributed by atoms with E-state index in [1.54, 1.807) is 18.3 Å². The van der Waals surface area contributed by atoms with Crippen LogP contribution in [0.5, 0.6) is 0 Å². The summed E-state index contributed by atoms with van der Waals surface area (Å²) in [4.78, 5) is 18.6. The van der Waals surface area contributed by atoms with E-state index in [1.165, 1.54) is 12.1 Å². The summed E-state index contributed by atoms with van der Waals surface area (Å²) in [5.41, 5.74) is 3.00. The Bertz CT molecular complexity index is 718. The molecule has 2 aromatic rings. The van der Waals surface area contributed by atoms with Crippen LogP contribution in [0.4, 0.5) is 4.39 Å². The smallest absolute Gasteiger partial charge is 0.310 e. The van der Waals surface area contributed by atoms with Crippen LogP contribution < -0.4 is 0 Å². The molecule has 1 aliphatic heterocycles. The normalized spacial score (nSPS) is 18.1. The van der Waals surface area contributed by atoms with Crippen molar-refractivity contribution < 1.29 is 13.9 Å². The van der Waals surface area contributed by atoms with Gasteiger partial charge in [-0.2, -0.15) is 0 Å². The SMILES string of the molecule is CCOC(=O)[C@H]1CCCN(Cc2cncc(-c3ccc(F)cc3)c2)C1. The van der Waals surface area contributed by atoms with E-state index in [0.717, 1.165) is 49.2 Å². The second-order valence-corrected chi connectivity index (χ2v) is 6.42. The number of aromatic nitrogens is 1. The Balaban J connectivity index is 1.67. The van der Waals surface area contributed by atoms with Gasteiger partial charge in [0.1, 0.15) is 5.82 Å². The molecule has 1 aromatic heterocycles. The Morgan fingerprint density at radius 1 is 1.28 bits per heavy atom. The van der Waals surface area contributed by atoms with Crippen molar-refractivity contribution >= 4 is 5.97 Å². The molecule has 4 nitrogen and oxygen atoms in total. The van der Waals surface area contributed by atoms with E-state index in [4.69, 9.17) is 4.74 Å². The summed E-state index contributed by atoms with van der Waals surface area (Å²) in [6.07, 6.45) is 5.52. The van der Waals surface area contributed by atoms with Crippen molar-refractivity contribution in [3.05, 3.63) is 54.1 Å². The Morgan fingerprint density at radius 3 is 2.84 bits per heavy atom. The van der Waals surface area contributed by atoms with Crippen LogP contribution in [0.2, 0.25) is 0 Å². The van der Waals surface area contributed by atoms with Crippen molar-refractivity contribution in [1.82, 2.24) is 9.88 Å². The number of carbonyl (C=O) groups is 1. The van der Waals surface area contributed by atoms with Crippen LogP contribution in [0.15, 0.2) is 42.7 Å². The van der Waals surface area contributed by atoms with Crippen LogP contribution in [0.1, 0.15) is 25.3 Å². The molecule has 0 radical (unpaired) electrons. The highest BCUT2D eigenvalue weighted by molar-refractivity contribution is 5.72. The van der Waals surface area contributed by atoms with E-state index >= 15 is 0 Å². The molecule has 132 valence electrons. The first kappa shape index (κ1) is 17.5. The van der Waals surface area contributed by atoms with Crippen LogP contribution in [0, 0.1) is 11.7 Å². The van der Waals surface area contributed by atoms with Crippen molar-refractivity contribution in [2.75, 3.05) is 19.7 Å². The highest BCUT2D eigenvalue weighted by atomic mass is 19.1. The van der Waals surface area contributed by atoms with Crippen LogP contribution >= 0.6 is 0 Å². The molecule has 1 aromatic carbocycles. The molecule has 1 aliphatic rings. The number of benzene rings is 1. The number of hydrogen-bond donors (Lipinski definition) is 0. The van der Waals surface area contributed by atoms with Gasteiger partial charge in [-0.1, -0.05) is 12.1 Å². The standard InChI is InChI=1S/C20H23FN2O2/c1-2-25-20(24)17-4-3-9-23(14-17)13-15-10-18(12-22-11-15)16-5-7-19(21)8-6-16/h5-8,10-12,17H,2-4,9,13-14H2,1H3/t17-/m0/s1. The van der Waals surface area contributed by atoms with Gasteiger partial charge in [0.25, 0.3) is 0 Å². The molecular weight excluding hydrogens is 319 g/mol. The van der Waals surface area contributed by atoms with Gasteiger partial charge >= 0.3 is 5.97 Å². The summed E-state index contributed by atoms with van der Waals surface area (Å²) in [6.45, 7) is 4.71. The van der Waals surface area contributed by atoms with E-state index in [0.29, 0.717) is 6.61 Å². The second-order valence-electron chi connectivity index (χ2n) is 6.42. The molecule has 0 saturated carbocycles. The Kier molecular flexibility index (Phi) is 5.76. The summed E-state index contributed by atoms with van der Waals surface area (Å²) in [6, 6.07) is 8.50. The number of piperidine rings is 1. The lowest BCUT2D eigenvalue weighted by molar-refractivity contribution is -0.150. The van der Waals surface area contributed by atoms with Gasteiger partial charge in [-0.25, -0.2) is 4.39 Å². The molecule has 0 unspecified atom stereocenters. The van der Waals surface area contributed by atoms with Crippen molar-refractivity contribution in [2.24, 2.45) is 5.92 Å². The minimum absolute atomic E-state index is 0.0399. The highest BCUT2D eigenvalue weighted by Gasteiger charge is 2.26. The van der Waals surface area contributed by atoms with Crippen LogP contribution in [0.25, 0.3) is 11.1 Å². The first-order chi connectivity index (χ1) is 12.2. The van der Waals surface area contributed by atoms with Gasteiger partial charge in [0.2, 0.25) is 0 Å². The first-order valence-electron chi connectivity index (χ1n) is 8.74. The maximum absolute atomic E-state index is 13.1. The fourth-order valence-corrected chi connectivity index (χ4v) is 3.28. The number of halogens is 1. The van der Waals surface area contributed by atoms with Crippen molar-refractivity contribution in [3.63, 3.8) is 0 Å². The molecule has 1 saturated heterocycles. The minimum Gasteiger partial charge on any atom is -0.466 e. The molecule has 0 bridgehead atoms. The van der Waals surface area contributed by atoms with Gasteiger partial charge in [0, 0.05) is 31.0 Å². The third-order valence-corrected chi connectivity index (χ3v) is 4.50. The Hall–Kier alpha value is -2.27. The average Bonchev–Trinajstić information content (AvgIpc) is 2.63. The fraction of sp³-hybridized carbons (Fsp3) is 0.400. The largest absolute Gasteiger partial charge is 0.466 e. The van der Waals surface area contributed by atoms with Gasteiger partial charge in [-0.05, 0) is 55.6 Å². The van der Waals surface area contributed by atoms with Gasteiger partial charge < -0.3 is 4.74 Å². The average molecular weight is 342 g/mol. The summed E-state index contributed by atoms with van der Waals surface area (Å²) >= 11 is 0. The zero-order valence-electron chi connectivity index (χ0n) is 14.5. The predicted octanol–water partition coefficient (Wildman–Crippen LogP) is 3.66. The quantitative estimate of drug-likeness (QED) is 0.778. The van der Waals surface area contributed by atoms with Crippen molar-refractivity contribution in [2.45, 2.75) is 26.3 Å². The van der Waals surface area contributed by atoms with Gasteiger partial charge in [0.15, 0.2) is 0 Å². The zero-order chi connectivity index (χ0) is 17.6. The molecule has 0 N–H and O–H groups in total. The molecule has 2 heterocycles. The van der Waals surface area contributed by atoms with Gasteiger partial charge in [-0.3, -0.25) is 14.7 Å².